The zero-order valence-corrected chi connectivity index (χ0v) is 24.7. The molecule has 0 aromatic heterocycles. The number of amides is 1. The predicted molar refractivity (Wildman–Crippen MR) is 153 cm³/mol. The third kappa shape index (κ3) is 8.49. The van der Waals surface area contributed by atoms with E-state index < -0.39 is 35.7 Å². The summed E-state index contributed by atoms with van der Waals surface area (Å²) in [6, 6.07) is 8.91. The topological polar surface area (TPSA) is 122 Å². The second-order valence-electron chi connectivity index (χ2n) is 13.5. The highest BCUT2D eigenvalue weighted by atomic mass is 16.4. The van der Waals surface area contributed by atoms with Gasteiger partial charge in [0.1, 0.15) is 6.23 Å². The van der Waals surface area contributed by atoms with Crippen LogP contribution in [-0.4, -0.2) is 75.1 Å². The molecule has 5 N–H and O–H groups in total. The van der Waals surface area contributed by atoms with Gasteiger partial charge in [-0.2, -0.15) is 0 Å². The summed E-state index contributed by atoms with van der Waals surface area (Å²) in [5.74, 6) is -0.542. The minimum Gasteiger partial charge on any atom is -0.481 e. The van der Waals surface area contributed by atoms with Gasteiger partial charge in [0, 0.05) is 30.6 Å². The maximum atomic E-state index is 13.4. The Morgan fingerprint density at radius 2 is 1.64 bits per heavy atom. The van der Waals surface area contributed by atoms with E-state index in [-0.39, 0.29) is 17.5 Å². The number of hydrogen-bond acceptors (Lipinski definition) is 6. The molecule has 3 rings (SSSR count). The van der Waals surface area contributed by atoms with Crippen LogP contribution in [0.25, 0.3) is 0 Å². The van der Waals surface area contributed by atoms with Gasteiger partial charge in [0.05, 0.1) is 17.6 Å². The van der Waals surface area contributed by atoms with E-state index in [1.165, 1.54) is 12.8 Å². The lowest BCUT2D eigenvalue weighted by molar-refractivity contribution is -0.153. The van der Waals surface area contributed by atoms with Crippen molar-refractivity contribution in [1.82, 2.24) is 15.5 Å². The summed E-state index contributed by atoms with van der Waals surface area (Å²) < 4.78 is 0. The predicted octanol–water partition coefficient (Wildman–Crippen LogP) is 3.41. The third-order valence-electron chi connectivity index (χ3n) is 9.04. The van der Waals surface area contributed by atoms with Gasteiger partial charge in [-0.05, 0) is 71.3 Å². The minimum absolute atomic E-state index is 0.00292. The SMILES string of the molecule is CC(C(O)N[C@@H](Cc1ccccc1)C(O)CN1C[C@H]2CCCC[C@H]2C[C@@H]1C(=O)NC(C)(C)C)C(C)(C)C(=O)O. The largest absolute Gasteiger partial charge is 0.481 e. The Morgan fingerprint density at radius 3 is 2.23 bits per heavy atom. The first-order chi connectivity index (χ1) is 18.2. The summed E-state index contributed by atoms with van der Waals surface area (Å²) >= 11 is 0. The number of carboxylic acids is 1. The summed E-state index contributed by atoms with van der Waals surface area (Å²) in [7, 11) is 0. The number of rotatable bonds is 11. The maximum absolute atomic E-state index is 13.4. The highest BCUT2D eigenvalue weighted by Gasteiger charge is 2.43. The van der Waals surface area contributed by atoms with Gasteiger partial charge in [0.15, 0.2) is 0 Å². The molecule has 8 nitrogen and oxygen atoms in total. The summed E-state index contributed by atoms with van der Waals surface area (Å²) in [5, 5.41) is 38.7. The van der Waals surface area contributed by atoms with Crippen LogP contribution in [0.15, 0.2) is 30.3 Å². The molecule has 1 aliphatic heterocycles. The first-order valence-corrected chi connectivity index (χ1v) is 14.6. The van der Waals surface area contributed by atoms with E-state index in [9.17, 15) is 24.9 Å². The Bertz CT molecular complexity index is 947. The number of likely N-dealkylation sites (tertiary alicyclic amines) is 1. The van der Waals surface area contributed by atoms with Crippen molar-refractivity contribution in [3.63, 3.8) is 0 Å². The standard InChI is InChI=1S/C31H51N3O5/c1-20(31(5,6)29(38)39)27(36)32-24(16-21-12-8-7-9-13-21)26(35)19-34-18-23-15-11-10-14-22(23)17-25(34)28(37)33-30(2,3)4/h7-9,12-13,20,22-27,32,35-36H,10-11,14-19H2,1-6H3,(H,33,37)(H,38,39)/t20?,22-,23+,24-,25+,26?,27?/m0/s1. The van der Waals surface area contributed by atoms with Crippen LogP contribution < -0.4 is 10.6 Å². The number of β-amino-alcohol motifs (C(OH)–C–C–N with tert-alkyl or cyclic N) is 1. The van der Waals surface area contributed by atoms with Crippen molar-refractivity contribution in [3.05, 3.63) is 35.9 Å². The van der Waals surface area contributed by atoms with Gasteiger partial charge in [-0.15, -0.1) is 0 Å². The molecule has 0 radical (unpaired) electrons. The molecule has 3 unspecified atom stereocenters. The minimum atomic E-state index is -1.16. The fourth-order valence-corrected chi connectivity index (χ4v) is 6.12. The van der Waals surface area contributed by atoms with Gasteiger partial charge in [-0.3, -0.25) is 19.8 Å². The number of carbonyl (C=O) groups is 2. The molecular weight excluding hydrogens is 494 g/mol. The highest BCUT2D eigenvalue weighted by Crippen LogP contribution is 2.39. The van der Waals surface area contributed by atoms with E-state index in [2.05, 4.69) is 15.5 Å². The van der Waals surface area contributed by atoms with Gasteiger partial charge in [0.2, 0.25) is 5.91 Å². The second-order valence-corrected chi connectivity index (χ2v) is 13.5. The van der Waals surface area contributed by atoms with Crippen molar-refractivity contribution in [3.8, 4) is 0 Å². The lowest BCUT2D eigenvalue weighted by Crippen LogP contribution is -2.61. The molecule has 1 aromatic rings. The number of benzene rings is 1. The van der Waals surface area contributed by atoms with Crippen molar-refractivity contribution in [2.75, 3.05) is 13.1 Å². The number of carbonyl (C=O) groups excluding carboxylic acids is 1. The van der Waals surface area contributed by atoms with E-state index in [1.54, 1.807) is 20.8 Å². The maximum Gasteiger partial charge on any atom is 0.309 e. The molecular formula is C31H51N3O5. The monoisotopic (exact) mass is 545 g/mol. The molecule has 0 spiro atoms. The Hall–Kier alpha value is -2.00. The van der Waals surface area contributed by atoms with Gasteiger partial charge < -0.3 is 20.6 Å². The Morgan fingerprint density at radius 1 is 1.03 bits per heavy atom. The lowest BCUT2D eigenvalue weighted by atomic mass is 9.72. The third-order valence-corrected chi connectivity index (χ3v) is 9.04. The van der Waals surface area contributed by atoms with Crippen molar-refractivity contribution in [2.24, 2.45) is 23.2 Å². The summed E-state index contributed by atoms with van der Waals surface area (Å²) in [6.07, 6.45) is 3.95. The van der Waals surface area contributed by atoms with Crippen LogP contribution in [0.1, 0.15) is 79.2 Å². The fourth-order valence-electron chi connectivity index (χ4n) is 6.12. The van der Waals surface area contributed by atoms with Crippen LogP contribution >= 0.6 is 0 Å². The molecule has 1 heterocycles. The van der Waals surface area contributed by atoms with Crippen molar-refractivity contribution in [2.45, 2.75) is 110 Å². The number of aliphatic carboxylic acids is 1. The molecule has 220 valence electrons. The van der Waals surface area contributed by atoms with E-state index in [0.717, 1.165) is 31.4 Å². The van der Waals surface area contributed by atoms with Crippen LogP contribution in [0.3, 0.4) is 0 Å². The van der Waals surface area contributed by atoms with Crippen LogP contribution in [0.2, 0.25) is 0 Å². The number of aliphatic hydroxyl groups excluding tert-OH is 2. The normalized spacial score (nSPS) is 25.7. The Labute approximate surface area is 234 Å². The van der Waals surface area contributed by atoms with Gasteiger partial charge in [-0.1, -0.05) is 56.5 Å². The lowest BCUT2D eigenvalue weighted by Gasteiger charge is -2.47. The van der Waals surface area contributed by atoms with Crippen molar-refractivity contribution >= 4 is 11.9 Å². The smallest absolute Gasteiger partial charge is 0.309 e. The van der Waals surface area contributed by atoms with Gasteiger partial charge >= 0.3 is 5.97 Å². The van der Waals surface area contributed by atoms with Crippen molar-refractivity contribution in [1.29, 1.82) is 0 Å². The van der Waals surface area contributed by atoms with Gasteiger partial charge in [-0.25, -0.2) is 0 Å². The average molecular weight is 546 g/mol. The summed E-state index contributed by atoms with van der Waals surface area (Å²) in [6.45, 7) is 11.9. The molecule has 1 aliphatic carbocycles. The molecule has 1 amide bonds. The van der Waals surface area contributed by atoms with Gasteiger partial charge in [0.25, 0.3) is 0 Å². The van der Waals surface area contributed by atoms with E-state index in [0.29, 0.717) is 24.8 Å². The molecule has 0 bridgehead atoms. The molecule has 2 aliphatic rings. The van der Waals surface area contributed by atoms with Crippen LogP contribution in [-0.2, 0) is 16.0 Å². The highest BCUT2D eigenvalue weighted by molar-refractivity contribution is 5.82. The zero-order chi connectivity index (χ0) is 29.0. The summed E-state index contributed by atoms with van der Waals surface area (Å²) in [4.78, 5) is 27.4. The van der Waals surface area contributed by atoms with Crippen LogP contribution in [0, 0.1) is 23.2 Å². The molecule has 1 saturated carbocycles. The molecule has 2 fully saturated rings. The van der Waals surface area contributed by atoms with Crippen LogP contribution in [0.4, 0.5) is 0 Å². The zero-order valence-electron chi connectivity index (χ0n) is 24.7. The molecule has 1 aromatic carbocycles. The number of nitrogens with zero attached hydrogens (tertiary/aromatic N) is 1. The molecule has 7 atom stereocenters. The Kier molecular flexibility index (Phi) is 10.6. The fraction of sp³-hybridized carbons (Fsp3) is 0.742. The quantitative estimate of drug-likeness (QED) is 0.270. The van der Waals surface area contributed by atoms with E-state index >= 15 is 0 Å². The van der Waals surface area contributed by atoms with Crippen LogP contribution in [0.5, 0.6) is 0 Å². The Balaban J connectivity index is 1.82. The molecule has 8 heteroatoms. The van der Waals surface area contributed by atoms with E-state index in [4.69, 9.17) is 0 Å². The number of fused-ring (bicyclic) bond motifs is 1. The summed E-state index contributed by atoms with van der Waals surface area (Å²) in [5.41, 5.74) is -0.507. The molecule has 1 saturated heterocycles. The molecule has 39 heavy (non-hydrogen) atoms. The number of aliphatic hydroxyl groups is 2. The number of carboxylic acid groups (broad SMARTS) is 1. The first-order valence-electron chi connectivity index (χ1n) is 14.6. The average Bonchev–Trinajstić information content (AvgIpc) is 2.86. The number of nitrogens with one attached hydrogen (secondary N) is 2. The number of hydrogen-bond donors (Lipinski definition) is 5. The van der Waals surface area contributed by atoms with Crippen molar-refractivity contribution < 1.29 is 24.9 Å². The number of piperidine rings is 1. The second kappa shape index (κ2) is 13.1. The van der Waals surface area contributed by atoms with E-state index in [1.807, 2.05) is 51.1 Å². The first kappa shape index (κ1) is 31.5.